The topological polar surface area (TPSA) is 41.5 Å². The van der Waals surface area contributed by atoms with Crippen LogP contribution in [0.5, 0.6) is 0 Å². The minimum absolute atomic E-state index is 0.373. The largest absolute Gasteiger partial charge is 0.389 e. The summed E-state index contributed by atoms with van der Waals surface area (Å²) in [6.07, 6.45) is 5.40. The predicted molar refractivity (Wildman–Crippen MR) is 59.8 cm³/mol. The maximum atomic E-state index is 9.94. The van der Waals surface area contributed by atoms with Gasteiger partial charge in [0, 0.05) is 26.3 Å². The Morgan fingerprint density at radius 2 is 1.80 bits per heavy atom. The average molecular weight is 213 g/mol. The summed E-state index contributed by atoms with van der Waals surface area (Å²) in [5.74, 6) is 0. The molecule has 2 fully saturated rings. The molecule has 1 saturated carbocycles. The van der Waals surface area contributed by atoms with Crippen molar-refractivity contribution < 1.29 is 9.84 Å². The zero-order valence-corrected chi connectivity index (χ0v) is 9.72. The summed E-state index contributed by atoms with van der Waals surface area (Å²) in [6, 6.07) is 0. The SMILES string of the molecule is CC1(CNCC2(O)CCC2)CCOCC1. The van der Waals surface area contributed by atoms with Gasteiger partial charge in [-0.15, -0.1) is 0 Å². The number of ether oxygens (including phenoxy) is 1. The van der Waals surface area contributed by atoms with Crippen LogP contribution in [-0.4, -0.2) is 37.0 Å². The minimum atomic E-state index is -0.387. The smallest absolute Gasteiger partial charge is 0.0771 e. The van der Waals surface area contributed by atoms with E-state index in [1.165, 1.54) is 6.42 Å². The molecular formula is C12H23NO2. The molecule has 0 amide bonds. The molecule has 3 heteroatoms. The second-order valence-corrected chi connectivity index (χ2v) is 5.60. The van der Waals surface area contributed by atoms with Crippen molar-refractivity contribution in [3.63, 3.8) is 0 Å². The minimum Gasteiger partial charge on any atom is -0.389 e. The molecule has 0 aromatic carbocycles. The Morgan fingerprint density at radius 3 is 2.33 bits per heavy atom. The van der Waals surface area contributed by atoms with Crippen molar-refractivity contribution in [2.24, 2.45) is 5.41 Å². The highest BCUT2D eigenvalue weighted by Crippen LogP contribution is 2.32. The fourth-order valence-electron chi connectivity index (χ4n) is 2.40. The first-order chi connectivity index (χ1) is 7.12. The highest BCUT2D eigenvalue weighted by Gasteiger charge is 2.35. The van der Waals surface area contributed by atoms with E-state index < -0.39 is 0 Å². The summed E-state index contributed by atoms with van der Waals surface area (Å²) in [5.41, 5.74) is -0.0140. The van der Waals surface area contributed by atoms with E-state index in [0.717, 1.165) is 52.0 Å². The summed E-state index contributed by atoms with van der Waals surface area (Å²) in [4.78, 5) is 0. The Hall–Kier alpha value is -0.120. The van der Waals surface area contributed by atoms with E-state index in [-0.39, 0.29) is 5.60 Å². The lowest BCUT2D eigenvalue weighted by atomic mass is 9.79. The van der Waals surface area contributed by atoms with E-state index >= 15 is 0 Å². The standard InChI is InChI=1S/C12H23NO2/c1-11(5-7-15-8-6-11)9-13-10-12(14)3-2-4-12/h13-14H,2-10H2,1H3. The van der Waals surface area contributed by atoms with E-state index in [0.29, 0.717) is 5.41 Å². The summed E-state index contributed by atoms with van der Waals surface area (Å²) in [5, 5.41) is 13.4. The second kappa shape index (κ2) is 4.40. The van der Waals surface area contributed by atoms with Crippen LogP contribution in [0.15, 0.2) is 0 Å². The quantitative estimate of drug-likeness (QED) is 0.740. The highest BCUT2D eigenvalue weighted by atomic mass is 16.5. The number of hydrogen-bond acceptors (Lipinski definition) is 3. The number of rotatable bonds is 4. The third kappa shape index (κ3) is 2.92. The number of hydrogen-bond donors (Lipinski definition) is 2. The van der Waals surface area contributed by atoms with E-state index in [1.54, 1.807) is 0 Å². The van der Waals surface area contributed by atoms with Gasteiger partial charge >= 0.3 is 0 Å². The van der Waals surface area contributed by atoms with Crippen molar-refractivity contribution in [2.45, 2.75) is 44.6 Å². The molecule has 0 atom stereocenters. The van der Waals surface area contributed by atoms with Crippen LogP contribution in [0.25, 0.3) is 0 Å². The molecule has 2 aliphatic rings. The second-order valence-electron chi connectivity index (χ2n) is 5.60. The van der Waals surface area contributed by atoms with Crippen molar-refractivity contribution >= 4 is 0 Å². The first-order valence-corrected chi connectivity index (χ1v) is 6.13. The van der Waals surface area contributed by atoms with E-state index in [4.69, 9.17) is 4.74 Å². The van der Waals surface area contributed by atoms with Crippen LogP contribution in [0.4, 0.5) is 0 Å². The zero-order valence-electron chi connectivity index (χ0n) is 9.72. The first-order valence-electron chi connectivity index (χ1n) is 6.13. The molecule has 1 aliphatic carbocycles. The van der Waals surface area contributed by atoms with E-state index in [1.807, 2.05) is 0 Å². The molecule has 3 nitrogen and oxygen atoms in total. The predicted octanol–water partition coefficient (Wildman–Crippen LogP) is 1.31. The van der Waals surface area contributed by atoms with Crippen molar-refractivity contribution in [3.05, 3.63) is 0 Å². The average Bonchev–Trinajstić information content (AvgIpc) is 2.16. The van der Waals surface area contributed by atoms with Gasteiger partial charge in [0.2, 0.25) is 0 Å². The molecule has 1 heterocycles. The van der Waals surface area contributed by atoms with Gasteiger partial charge in [-0.05, 0) is 37.5 Å². The number of aliphatic hydroxyl groups is 1. The Balaban J connectivity index is 1.67. The molecule has 88 valence electrons. The Bertz CT molecular complexity index is 208. The maximum absolute atomic E-state index is 9.94. The molecule has 0 aromatic rings. The molecule has 0 unspecified atom stereocenters. The van der Waals surface area contributed by atoms with Crippen LogP contribution in [0.3, 0.4) is 0 Å². The van der Waals surface area contributed by atoms with E-state index in [9.17, 15) is 5.11 Å². The van der Waals surface area contributed by atoms with Gasteiger partial charge in [-0.3, -0.25) is 0 Å². The highest BCUT2D eigenvalue weighted by molar-refractivity contribution is 4.90. The van der Waals surface area contributed by atoms with Gasteiger partial charge < -0.3 is 15.2 Å². The van der Waals surface area contributed by atoms with Crippen molar-refractivity contribution in [2.75, 3.05) is 26.3 Å². The molecule has 0 radical (unpaired) electrons. The van der Waals surface area contributed by atoms with Crippen LogP contribution in [0.2, 0.25) is 0 Å². The Labute approximate surface area is 92.2 Å². The summed E-state index contributed by atoms with van der Waals surface area (Å²) < 4.78 is 5.37. The molecule has 0 aromatic heterocycles. The molecule has 1 saturated heterocycles. The van der Waals surface area contributed by atoms with Crippen molar-refractivity contribution in [1.29, 1.82) is 0 Å². The maximum Gasteiger partial charge on any atom is 0.0771 e. The van der Waals surface area contributed by atoms with Crippen molar-refractivity contribution in [1.82, 2.24) is 5.32 Å². The summed E-state index contributed by atoms with van der Waals surface area (Å²) in [6.45, 7) is 5.88. The van der Waals surface area contributed by atoms with Gasteiger partial charge in [-0.2, -0.15) is 0 Å². The monoisotopic (exact) mass is 213 g/mol. The van der Waals surface area contributed by atoms with Gasteiger partial charge in [0.25, 0.3) is 0 Å². The normalized spacial score (nSPS) is 28.4. The molecule has 0 bridgehead atoms. The molecule has 2 rings (SSSR count). The van der Waals surface area contributed by atoms with E-state index in [2.05, 4.69) is 12.2 Å². The van der Waals surface area contributed by atoms with Gasteiger partial charge in [-0.25, -0.2) is 0 Å². The summed E-state index contributed by atoms with van der Waals surface area (Å²) >= 11 is 0. The van der Waals surface area contributed by atoms with Crippen LogP contribution in [0, 0.1) is 5.41 Å². The van der Waals surface area contributed by atoms with Gasteiger partial charge in [-0.1, -0.05) is 6.92 Å². The van der Waals surface area contributed by atoms with Crippen LogP contribution in [0.1, 0.15) is 39.0 Å². The third-order valence-electron chi connectivity index (χ3n) is 3.99. The zero-order chi connectivity index (χ0) is 10.8. The van der Waals surface area contributed by atoms with Gasteiger partial charge in [0.1, 0.15) is 0 Å². The van der Waals surface area contributed by atoms with Gasteiger partial charge in [0.05, 0.1) is 5.60 Å². The van der Waals surface area contributed by atoms with Crippen LogP contribution >= 0.6 is 0 Å². The molecule has 2 N–H and O–H groups in total. The van der Waals surface area contributed by atoms with Crippen LogP contribution in [-0.2, 0) is 4.74 Å². The lowest BCUT2D eigenvalue weighted by Gasteiger charge is -2.39. The molecule has 15 heavy (non-hydrogen) atoms. The molecular weight excluding hydrogens is 190 g/mol. The van der Waals surface area contributed by atoms with Crippen LogP contribution < -0.4 is 5.32 Å². The number of nitrogens with one attached hydrogen (secondary N) is 1. The van der Waals surface area contributed by atoms with Crippen molar-refractivity contribution in [3.8, 4) is 0 Å². The fraction of sp³-hybridized carbons (Fsp3) is 1.00. The Morgan fingerprint density at radius 1 is 1.13 bits per heavy atom. The summed E-state index contributed by atoms with van der Waals surface area (Å²) in [7, 11) is 0. The lowest BCUT2D eigenvalue weighted by Crippen LogP contribution is -2.49. The van der Waals surface area contributed by atoms with Gasteiger partial charge in [0.15, 0.2) is 0 Å². The third-order valence-corrected chi connectivity index (χ3v) is 3.99. The molecule has 0 spiro atoms. The first kappa shape index (κ1) is 11.4. The lowest BCUT2D eigenvalue weighted by molar-refractivity contribution is -0.0358. The molecule has 1 aliphatic heterocycles. The fourth-order valence-corrected chi connectivity index (χ4v) is 2.40. The Kier molecular flexibility index (Phi) is 3.33.